The molecular formula is C21H16BrClFN9O. The minimum atomic E-state index is -0.517. The van der Waals surface area contributed by atoms with Crippen molar-refractivity contribution in [2.24, 2.45) is 0 Å². The number of anilines is 1. The summed E-state index contributed by atoms with van der Waals surface area (Å²) in [6.07, 6.45) is 4.88. The maximum absolute atomic E-state index is 14.0. The first-order chi connectivity index (χ1) is 16.4. The Kier molecular flexibility index (Phi) is 5.84. The molecule has 0 aliphatic heterocycles. The number of aromatic nitrogens is 8. The number of hydrogen-bond acceptors (Lipinski definition) is 6. The van der Waals surface area contributed by atoms with Crippen molar-refractivity contribution in [3.63, 3.8) is 0 Å². The first-order valence-corrected chi connectivity index (χ1v) is 11.3. The van der Waals surface area contributed by atoms with Crippen LogP contribution in [0.2, 0.25) is 5.02 Å². The minimum absolute atomic E-state index is 0.0483. The summed E-state index contributed by atoms with van der Waals surface area (Å²) in [4.78, 5) is 21.2. The molecule has 5 aromatic rings. The highest BCUT2D eigenvalue weighted by molar-refractivity contribution is 9.10. The Morgan fingerprint density at radius 2 is 2.03 bits per heavy atom. The van der Waals surface area contributed by atoms with Crippen LogP contribution in [0.15, 0.2) is 53.5 Å². The molecule has 0 spiro atoms. The standard InChI is InChI=1S/C21H16BrClFN9O/c1-2-31-10-13(22)19(29-31)17-6-7-25-18-8-16(28-33(17)18)20(34)27-21-26-11-32(30-21)9-12-14(23)4-3-5-15(12)24/h3-8,10-11H,2,9H2,1H3,(H,27,30,34). The molecule has 0 aliphatic carbocycles. The maximum Gasteiger partial charge on any atom is 0.278 e. The van der Waals surface area contributed by atoms with Gasteiger partial charge in [0, 0.05) is 35.6 Å². The molecule has 0 unspecified atom stereocenters. The Labute approximate surface area is 205 Å². The molecular weight excluding hydrogens is 529 g/mol. The van der Waals surface area contributed by atoms with Crippen molar-refractivity contribution in [1.82, 2.24) is 39.1 Å². The van der Waals surface area contributed by atoms with Crippen molar-refractivity contribution in [1.29, 1.82) is 0 Å². The first-order valence-electron chi connectivity index (χ1n) is 10.1. The third-order valence-corrected chi connectivity index (χ3v) is 5.95. The van der Waals surface area contributed by atoms with E-state index in [-0.39, 0.29) is 28.8 Å². The van der Waals surface area contributed by atoms with Crippen LogP contribution in [0.3, 0.4) is 0 Å². The molecule has 34 heavy (non-hydrogen) atoms. The van der Waals surface area contributed by atoms with Gasteiger partial charge in [-0.15, -0.1) is 5.10 Å². The first kappa shape index (κ1) is 22.2. The molecule has 0 bridgehead atoms. The van der Waals surface area contributed by atoms with Gasteiger partial charge in [0.1, 0.15) is 17.8 Å². The lowest BCUT2D eigenvalue weighted by Crippen LogP contribution is -2.14. The molecule has 10 nitrogen and oxygen atoms in total. The summed E-state index contributed by atoms with van der Waals surface area (Å²) in [5.74, 6) is -0.916. The summed E-state index contributed by atoms with van der Waals surface area (Å²) in [5.41, 5.74) is 2.24. The van der Waals surface area contributed by atoms with Gasteiger partial charge in [0.15, 0.2) is 11.3 Å². The van der Waals surface area contributed by atoms with E-state index in [2.05, 4.69) is 46.5 Å². The van der Waals surface area contributed by atoms with Gasteiger partial charge in [-0.3, -0.25) is 14.8 Å². The fraction of sp³-hybridized carbons (Fsp3) is 0.143. The van der Waals surface area contributed by atoms with Crippen molar-refractivity contribution < 1.29 is 9.18 Å². The fourth-order valence-electron chi connectivity index (χ4n) is 3.36. The highest BCUT2D eigenvalue weighted by Gasteiger charge is 2.18. The zero-order valence-electron chi connectivity index (χ0n) is 17.7. The van der Waals surface area contributed by atoms with Gasteiger partial charge in [-0.05, 0) is 41.1 Å². The molecule has 172 valence electrons. The quantitative estimate of drug-likeness (QED) is 0.345. The number of hydrogen-bond donors (Lipinski definition) is 1. The molecule has 13 heteroatoms. The summed E-state index contributed by atoms with van der Waals surface area (Å²) in [6.45, 7) is 2.76. The van der Waals surface area contributed by atoms with Gasteiger partial charge in [-0.1, -0.05) is 17.7 Å². The van der Waals surface area contributed by atoms with E-state index in [1.807, 2.05) is 13.1 Å². The van der Waals surface area contributed by atoms with Gasteiger partial charge in [0.25, 0.3) is 5.91 Å². The van der Waals surface area contributed by atoms with Crippen molar-refractivity contribution in [2.45, 2.75) is 20.0 Å². The Bertz CT molecular complexity index is 1510. The summed E-state index contributed by atoms with van der Waals surface area (Å²) in [6, 6.07) is 7.76. The predicted molar refractivity (Wildman–Crippen MR) is 126 cm³/mol. The molecule has 5 rings (SSSR count). The molecule has 0 atom stereocenters. The van der Waals surface area contributed by atoms with E-state index in [0.29, 0.717) is 23.6 Å². The number of nitrogens with one attached hydrogen (secondary N) is 1. The second-order valence-corrected chi connectivity index (χ2v) is 8.49. The highest BCUT2D eigenvalue weighted by atomic mass is 79.9. The number of benzene rings is 1. The van der Waals surface area contributed by atoms with Gasteiger partial charge in [-0.2, -0.15) is 10.2 Å². The molecule has 1 N–H and O–H groups in total. The maximum atomic E-state index is 14.0. The highest BCUT2D eigenvalue weighted by Crippen LogP contribution is 2.27. The van der Waals surface area contributed by atoms with Gasteiger partial charge >= 0.3 is 0 Å². The van der Waals surface area contributed by atoms with Gasteiger partial charge in [0.05, 0.1) is 16.7 Å². The van der Waals surface area contributed by atoms with Crippen molar-refractivity contribution >= 4 is 45.0 Å². The zero-order chi connectivity index (χ0) is 23.8. The van der Waals surface area contributed by atoms with Crippen molar-refractivity contribution in [3.8, 4) is 11.4 Å². The van der Waals surface area contributed by atoms with E-state index in [9.17, 15) is 9.18 Å². The topological polar surface area (TPSA) is 108 Å². The predicted octanol–water partition coefficient (Wildman–Crippen LogP) is 4.06. The van der Waals surface area contributed by atoms with Crippen molar-refractivity contribution in [3.05, 3.63) is 75.6 Å². The lowest BCUT2D eigenvalue weighted by Gasteiger charge is -2.05. The third-order valence-electron chi connectivity index (χ3n) is 5.02. The molecule has 4 heterocycles. The molecule has 0 radical (unpaired) electrons. The van der Waals surface area contributed by atoms with E-state index in [1.165, 1.54) is 23.1 Å². The monoisotopic (exact) mass is 543 g/mol. The molecule has 0 saturated carbocycles. The van der Waals surface area contributed by atoms with Gasteiger partial charge in [-0.25, -0.2) is 23.6 Å². The molecule has 4 aromatic heterocycles. The summed E-state index contributed by atoms with van der Waals surface area (Å²) >= 11 is 9.59. The largest absolute Gasteiger partial charge is 0.288 e. The number of carbonyl (C=O) groups excluding carboxylic acids is 1. The number of rotatable bonds is 6. The van der Waals surface area contributed by atoms with Crippen LogP contribution in [0.5, 0.6) is 0 Å². The minimum Gasteiger partial charge on any atom is -0.288 e. The van der Waals surface area contributed by atoms with Crippen LogP contribution in [0.1, 0.15) is 23.0 Å². The van der Waals surface area contributed by atoms with E-state index in [0.717, 1.165) is 4.47 Å². The van der Waals surface area contributed by atoms with E-state index in [4.69, 9.17) is 11.6 Å². The number of carbonyl (C=O) groups is 1. The van der Waals surface area contributed by atoms with Gasteiger partial charge < -0.3 is 0 Å². The lowest BCUT2D eigenvalue weighted by atomic mass is 10.2. The van der Waals surface area contributed by atoms with E-state index < -0.39 is 11.7 Å². The molecule has 1 amide bonds. The van der Waals surface area contributed by atoms with Crippen LogP contribution < -0.4 is 5.32 Å². The SMILES string of the molecule is CCn1cc(Br)c(-c2ccnc3cc(C(=O)Nc4ncn(Cc5c(F)cccc5Cl)n4)nn23)n1. The lowest BCUT2D eigenvalue weighted by molar-refractivity contribution is 0.102. The van der Waals surface area contributed by atoms with Gasteiger partial charge in [0.2, 0.25) is 5.95 Å². The Morgan fingerprint density at radius 1 is 1.18 bits per heavy atom. The number of nitrogens with zero attached hydrogens (tertiary/aromatic N) is 8. The smallest absolute Gasteiger partial charge is 0.278 e. The number of fused-ring (bicyclic) bond motifs is 1. The number of halogens is 3. The summed E-state index contributed by atoms with van der Waals surface area (Å²) < 4.78 is 19.6. The number of aryl methyl sites for hydroxylation is 1. The fourth-order valence-corrected chi connectivity index (χ4v) is 4.10. The average Bonchev–Trinajstić information content (AvgIpc) is 3.54. The Hall–Kier alpha value is -3.64. The molecule has 1 aromatic carbocycles. The molecule has 0 saturated heterocycles. The molecule has 0 aliphatic rings. The van der Waals surface area contributed by atoms with E-state index >= 15 is 0 Å². The Morgan fingerprint density at radius 3 is 2.79 bits per heavy atom. The van der Waals surface area contributed by atoms with Crippen LogP contribution >= 0.6 is 27.5 Å². The normalized spacial score (nSPS) is 11.3. The molecule has 0 fully saturated rings. The van der Waals surface area contributed by atoms with Crippen LogP contribution in [0.25, 0.3) is 17.0 Å². The Balaban J connectivity index is 1.38. The summed E-state index contributed by atoms with van der Waals surface area (Å²) in [7, 11) is 0. The van der Waals surface area contributed by atoms with Crippen LogP contribution in [0, 0.1) is 5.82 Å². The van der Waals surface area contributed by atoms with Crippen LogP contribution in [-0.4, -0.2) is 45.1 Å². The zero-order valence-corrected chi connectivity index (χ0v) is 20.0. The number of amides is 1. The second kappa shape index (κ2) is 8.95. The average molecular weight is 545 g/mol. The van der Waals surface area contributed by atoms with Crippen molar-refractivity contribution in [2.75, 3.05) is 5.32 Å². The van der Waals surface area contributed by atoms with E-state index in [1.54, 1.807) is 33.6 Å². The van der Waals surface area contributed by atoms with Crippen LogP contribution in [0.4, 0.5) is 10.3 Å². The van der Waals surface area contributed by atoms with Crippen LogP contribution in [-0.2, 0) is 13.1 Å². The summed E-state index contributed by atoms with van der Waals surface area (Å²) in [5, 5.41) is 16.0. The second-order valence-electron chi connectivity index (χ2n) is 7.23. The third kappa shape index (κ3) is 4.17.